The zero-order chi connectivity index (χ0) is 14.5. The van der Waals surface area contributed by atoms with Crippen LogP contribution in [0.25, 0.3) is 0 Å². The van der Waals surface area contributed by atoms with Crippen molar-refractivity contribution in [2.45, 2.75) is 26.4 Å². The summed E-state index contributed by atoms with van der Waals surface area (Å²) in [6.07, 6.45) is 0. The summed E-state index contributed by atoms with van der Waals surface area (Å²) in [6.45, 7) is 4.66. The van der Waals surface area contributed by atoms with Crippen LogP contribution in [0, 0.1) is 0 Å². The van der Waals surface area contributed by atoms with Gasteiger partial charge in [-0.1, -0.05) is 30.3 Å². The lowest BCUT2D eigenvalue weighted by Crippen LogP contribution is -2.46. The van der Waals surface area contributed by atoms with E-state index < -0.39 is 10.2 Å². The molecule has 0 unspecified atom stereocenters. The summed E-state index contributed by atoms with van der Waals surface area (Å²) in [7, 11) is -1.88. The Labute approximate surface area is 116 Å². The average Bonchev–Trinajstić information content (AvgIpc) is 2.38. The maximum absolute atomic E-state index is 12.5. The van der Waals surface area contributed by atoms with E-state index in [9.17, 15) is 8.42 Å². The standard InChI is InChI=1S/C13H23N3O2S/c1-12(2)15(3)19(17,18)16(10-9-14)11-13-7-5-4-6-8-13/h4-8,12H,9-11,14H2,1-3H3. The molecule has 0 fully saturated rings. The van der Waals surface area contributed by atoms with Crippen LogP contribution in [0.2, 0.25) is 0 Å². The number of rotatable bonds is 7. The lowest BCUT2D eigenvalue weighted by atomic mass is 10.2. The predicted octanol–water partition coefficient (Wildman–Crippen LogP) is 1.03. The minimum atomic E-state index is -3.47. The lowest BCUT2D eigenvalue weighted by molar-refractivity contribution is 0.334. The molecule has 0 aliphatic rings. The summed E-state index contributed by atoms with van der Waals surface area (Å²) in [6, 6.07) is 9.44. The van der Waals surface area contributed by atoms with Gasteiger partial charge in [-0.05, 0) is 19.4 Å². The van der Waals surface area contributed by atoms with Gasteiger partial charge in [0.25, 0.3) is 10.2 Å². The van der Waals surface area contributed by atoms with E-state index in [2.05, 4.69) is 0 Å². The zero-order valence-electron chi connectivity index (χ0n) is 11.8. The molecule has 19 heavy (non-hydrogen) atoms. The zero-order valence-corrected chi connectivity index (χ0v) is 12.6. The minimum absolute atomic E-state index is 0.0824. The van der Waals surface area contributed by atoms with Gasteiger partial charge < -0.3 is 5.73 Å². The van der Waals surface area contributed by atoms with Crippen LogP contribution in [0.1, 0.15) is 19.4 Å². The van der Waals surface area contributed by atoms with Crippen molar-refractivity contribution in [1.29, 1.82) is 0 Å². The quantitative estimate of drug-likeness (QED) is 0.814. The molecule has 1 aromatic carbocycles. The van der Waals surface area contributed by atoms with Crippen LogP contribution in [0.15, 0.2) is 30.3 Å². The molecule has 0 amide bonds. The molecule has 0 heterocycles. The van der Waals surface area contributed by atoms with Crippen LogP contribution >= 0.6 is 0 Å². The molecule has 0 aromatic heterocycles. The number of hydrogen-bond acceptors (Lipinski definition) is 3. The van der Waals surface area contributed by atoms with Crippen LogP contribution < -0.4 is 5.73 Å². The second-order valence-corrected chi connectivity index (χ2v) is 6.71. The second-order valence-electron chi connectivity index (χ2n) is 4.73. The number of hydrogen-bond donors (Lipinski definition) is 1. The first-order valence-corrected chi connectivity index (χ1v) is 7.76. The van der Waals surface area contributed by atoms with Gasteiger partial charge in [0.2, 0.25) is 0 Å². The fourth-order valence-electron chi connectivity index (χ4n) is 1.66. The molecule has 0 atom stereocenters. The van der Waals surface area contributed by atoms with Crippen molar-refractivity contribution < 1.29 is 8.42 Å². The molecular formula is C13H23N3O2S. The van der Waals surface area contributed by atoms with Crippen LogP contribution in [0.4, 0.5) is 0 Å². The highest BCUT2D eigenvalue weighted by Crippen LogP contribution is 2.13. The average molecular weight is 285 g/mol. The van der Waals surface area contributed by atoms with Gasteiger partial charge in [0, 0.05) is 32.7 Å². The van der Waals surface area contributed by atoms with Crippen molar-refractivity contribution in [3.05, 3.63) is 35.9 Å². The Kier molecular flexibility index (Phi) is 5.93. The highest BCUT2D eigenvalue weighted by atomic mass is 32.2. The fraction of sp³-hybridized carbons (Fsp3) is 0.538. The third kappa shape index (κ3) is 4.28. The third-order valence-electron chi connectivity index (χ3n) is 3.00. The smallest absolute Gasteiger partial charge is 0.282 e. The minimum Gasteiger partial charge on any atom is -0.329 e. The summed E-state index contributed by atoms with van der Waals surface area (Å²) in [5.74, 6) is 0. The Morgan fingerprint density at radius 1 is 1.21 bits per heavy atom. The first-order chi connectivity index (χ1) is 8.89. The molecule has 0 bridgehead atoms. The van der Waals surface area contributed by atoms with Gasteiger partial charge in [0.05, 0.1) is 0 Å². The van der Waals surface area contributed by atoms with Gasteiger partial charge >= 0.3 is 0 Å². The maximum atomic E-state index is 12.5. The molecule has 0 aliphatic heterocycles. The van der Waals surface area contributed by atoms with Crippen molar-refractivity contribution in [3.63, 3.8) is 0 Å². The molecule has 0 saturated heterocycles. The van der Waals surface area contributed by atoms with E-state index >= 15 is 0 Å². The number of benzene rings is 1. The van der Waals surface area contributed by atoms with E-state index in [1.54, 1.807) is 7.05 Å². The van der Waals surface area contributed by atoms with Crippen molar-refractivity contribution in [1.82, 2.24) is 8.61 Å². The van der Waals surface area contributed by atoms with E-state index in [1.165, 1.54) is 8.61 Å². The summed E-state index contributed by atoms with van der Waals surface area (Å²) >= 11 is 0. The van der Waals surface area contributed by atoms with E-state index in [1.807, 2.05) is 44.2 Å². The topological polar surface area (TPSA) is 66.6 Å². The molecule has 0 aliphatic carbocycles. The number of nitrogens with two attached hydrogens (primary N) is 1. The summed E-state index contributed by atoms with van der Waals surface area (Å²) in [4.78, 5) is 0. The largest absolute Gasteiger partial charge is 0.329 e. The molecule has 1 aromatic rings. The Morgan fingerprint density at radius 2 is 1.79 bits per heavy atom. The molecule has 0 saturated carbocycles. The Morgan fingerprint density at radius 3 is 2.26 bits per heavy atom. The Balaban J connectivity index is 2.94. The van der Waals surface area contributed by atoms with Crippen LogP contribution in [-0.2, 0) is 16.8 Å². The summed E-state index contributed by atoms with van der Waals surface area (Å²) in [5.41, 5.74) is 6.49. The van der Waals surface area contributed by atoms with Gasteiger partial charge in [-0.15, -0.1) is 0 Å². The van der Waals surface area contributed by atoms with Crippen LogP contribution in [0.5, 0.6) is 0 Å². The second kappa shape index (κ2) is 7.00. The summed E-state index contributed by atoms with van der Waals surface area (Å²) < 4.78 is 27.7. The molecule has 108 valence electrons. The molecule has 0 radical (unpaired) electrons. The van der Waals surface area contributed by atoms with Crippen LogP contribution in [-0.4, -0.2) is 43.2 Å². The van der Waals surface area contributed by atoms with Gasteiger partial charge in [-0.3, -0.25) is 0 Å². The highest BCUT2D eigenvalue weighted by molar-refractivity contribution is 7.86. The Hall–Kier alpha value is -0.950. The van der Waals surface area contributed by atoms with Crippen molar-refractivity contribution >= 4 is 10.2 Å². The van der Waals surface area contributed by atoms with Crippen molar-refractivity contribution in [3.8, 4) is 0 Å². The molecule has 6 heteroatoms. The molecule has 2 N–H and O–H groups in total. The summed E-state index contributed by atoms with van der Waals surface area (Å²) in [5, 5.41) is 0. The van der Waals surface area contributed by atoms with Crippen LogP contribution in [0.3, 0.4) is 0 Å². The molecule has 1 rings (SSSR count). The fourth-order valence-corrected chi connectivity index (χ4v) is 3.20. The van der Waals surface area contributed by atoms with Gasteiger partial charge in [0.1, 0.15) is 0 Å². The van der Waals surface area contributed by atoms with Gasteiger partial charge in [-0.2, -0.15) is 17.0 Å². The monoisotopic (exact) mass is 285 g/mol. The third-order valence-corrected chi connectivity index (χ3v) is 5.11. The van der Waals surface area contributed by atoms with E-state index in [0.717, 1.165) is 5.56 Å². The normalized spacial score (nSPS) is 12.6. The predicted molar refractivity (Wildman–Crippen MR) is 77.7 cm³/mol. The van der Waals surface area contributed by atoms with Crippen molar-refractivity contribution in [2.24, 2.45) is 5.73 Å². The Bertz CT molecular complexity index is 474. The molecular weight excluding hydrogens is 262 g/mol. The SMILES string of the molecule is CC(C)N(C)S(=O)(=O)N(CCN)Cc1ccccc1. The molecule has 0 spiro atoms. The van der Waals surface area contributed by atoms with Gasteiger partial charge in [-0.25, -0.2) is 0 Å². The molecule has 5 nitrogen and oxygen atoms in total. The van der Waals surface area contributed by atoms with E-state index in [-0.39, 0.29) is 6.04 Å². The maximum Gasteiger partial charge on any atom is 0.282 e. The van der Waals surface area contributed by atoms with E-state index in [0.29, 0.717) is 19.6 Å². The van der Waals surface area contributed by atoms with Gasteiger partial charge in [0.15, 0.2) is 0 Å². The lowest BCUT2D eigenvalue weighted by Gasteiger charge is -2.29. The van der Waals surface area contributed by atoms with E-state index in [4.69, 9.17) is 5.73 Å². The first-order valence-electron chi connectivity index (χ1n) is 6.36. The first kappa shape index (κ1) is 16.1. The highest BCUT2D eigenvalue weighted by Gasteiger charge is 2.28. The number of nitrogens with zero attached hydrogens (tertiary/aromatic N) is 2. The van der Waals surface area contributed by atoms with Crippen molar-refractivity contribution in [2.75, 3.05) is 20.1 Å².